The minimum absolute atomic E-state index is 0.473. The fourth-order valence-electron chi connectivity index (χ4n) is 9.16. The van der Waals surface area contributed by atoms with Gasteiger partial charge in [0.05, 0.1) is 12.2 Å². The number of hydrogen-bond donors (Lipinski definition) is 1. The third kappa shape index (κ3) is 3.66. The van der Waals surface area contributed by atoms with Crippen LogP contribution < -0.4 is 0 Å². The third-order valence-electron chi connectivity index (χ3n) is 10.4. The Morgan fingerprint density at radius 2 is 1.90 bits per heavy atom. The van der Waals surface area contributed by atoms with Crippen molar-refractivity contribution in [2.75, 3.05) is 13.7 Å². The lowest BCUT2D eigenvalue weighted by molar-refractivity contribution is -0.126. The maximum atomic E-state index is 11.0. The highest BCUT2D eigenvalue weighted by molar-refractivity contribution is 5.07. The van der Waals surface area contributed by atoms with Crippen molar-refractivity contribution in [1.29, 1.82) is 0 Å². The lowest BCUT2D eigenvalue weighted by Crippen LogP contribution is -2.52. The first kappa shape index (κ1) is 21.8. The van der Waals surface area contributed by atoms with Crippen molar-refractivity contribution in [2.24, 2.45) is 46.8 Å². The molecule has 4 saturated carbocycles. The predicted molar refractivity (Wildman–Crippen MR) is 119 cm³/mol. The van der Waals surface area contributed by atoms with Crippen molar-refractivity contribution in [2.45, 2.75) is 90.7 Å². The van der Waals surface area contributed by atoms with Crippen molar-refractivity contribution >= 4 is 0 Å². The zero-order valence-electron chi connectivity index (χ0n) is 20.0. The van der Waals surface area contributed by atoms with Gasteiger partial charge in [0, 0.05) is 13.7 Å². The van der Waals surface area contributed by atoms with Gasteiger partial charge in [-0.2, -0.15) is 0 Å². The minimum Gasteiger partial charge on any atom is -0.387 e. The summed E-state index contributed by atoms with van der Waals surface area (Å²) >= 11 is 0. The van der Waals surface area contributed by atoms with Crippen LogP contribution in [0.4, 0.5) is 0 Å². The second kappa shape index (κ2) is 8.09. The fraction of sp³-hybridized carbons (Fsp3) is 0.960. The first-order valence-electron chi connectivity index (χ1n) is 12.8. The van der Waals surface area contributed by atoms with Crippen molar-refractivity contribution in [3.05, 3.63) is 5.82 Å². The largest absolute Gasteiger partial charge is 0.387 e. The molecule has 9 atom stereocenters. The van der Waals surface area contributed by atoms with E-state index in [-0.39, 0.29) is 0 Å². The SMILES string of the molecule is COC[C@@]1(O)CC[C@H]2[C@H](CC[C@@H]3[C@@H]2CC[C@]2(C)[C@@H](C(C)Cn4nnnc4C)CC[C@@H]32)C1. The Kier molecular flexibility index (Phi) is 5.69. The van der Waals surface area contributed by atoms with E-state index < -0.39 is 5.60 Å². The van der Waals surface area contributed by atoms with E-state index in [0.717, 1.165) is 54.8 Å². The van der Waals surface area contributed by atoms with Gasteiger partial charge in [0.25, 0.3) is 0 Å². The van der Waals surface area contributed by atoms with E-state index in [0.29, 0.717) is 23.9 Å². The molecular formula is C25H42N4O2. The van der Waals surface area contributed by atoms with E-state index in [1.165, 1.54) is 44.9 Å². The van der Waals surface area contributed by atoms with Gasteiger partial charge in [0.15, 0.2) is 0 Å². The van der Waals surface area contributed by atoms with Crippen LogP contribution in [0.2, 0.25) is 0 Å². The Balaban J connectivity index is 1.29. The van der Waals surface area contributed by atoms with Gasteiger partial charge in [-0.05, 0) is 122 Å². The molecule has 0 aliphatic heterocycles. The monoisotopic (exact) mass is 430 g/mol. The number of hydrogen-bond acceptors (Lipinski definition) is 5. The summed E-state index contributed by atoms with van der Waals surface area (Å²) in [5.41, 5.74) is -0.102. The predicted octanol–water partition coefficient (Wildman–Crippen LogP) is 4.26. The van der Waals surface area contributed by atoms with Gasteiger partial charge in [-0.3, -0.25) is 0 Å². The van der Waals surface area contributed by atoms with E-state index in [9.17, 15) is 5.11 Å². The molecular weight excluding hydrogens is 388 g/mol. The highest BCUT2D eigenvalue weighted by Gasteiger charge is 2.58. The smallest absolute Gasteiger partial charge is 0.148 e. The van der Waals surface area contributed by atoms with Crippen LogP contribution in [0.15, 0.2) is 0 Å². The molecule has 1 heterocycles. The number of ether oxygens (including phenoxy) is 1. The van der Waals surface area contributed by atoms with Crippen molar-refractivity contribution in [3.63, 3.8) is 0 Å². The summed E-state index contributed by atoms with van der Waals surface area (Å²) in [5, 5.41) is 23.1. The molecule has 1 unspecified atom stereocenters. The Morgan fingerprint density at radius 1 is 1.10 bits per heavy atom. The molecule has 6 nitrogen and oxygen atoms in total. The molecule has 1 N–H and O–H groups in total. The lowest BCUT2D eigenvalue weighted by Gasteiger charge is -2.57. The summed E-state index contributed by atoms with van der Waals surface area (Å²) in [7, 11) is 1.72. The van der Waals surface area contributed by atoms with Gasteiger partial charge in [-0.25, -0.2) is 4.68 Å². The summed E-state index contributed by atoms with van der Waals surface area (Å²) in [6, 6.07) is 0. The molecule has 4 aliphatic carbocycles. The van der Waals surface area contributed by atoms with Crippen LogP contribution in [0.5, 0.6) is 0 Å². The number of methoxy groups -OCH3 is 1. The number of rotatable bonds is 5. The second-order valence-corrected chi connectivity index (χ2v) is 11.9. The third-order valence-corrected chi connectivity index (χ3v) is 10.4. The highest BCUT2D eigenvalue weighted by atomic mass is 16.5. The van der Waals surface area contributed by atoms with Gasteiger partial charge in [0.1, 0.15) is 5.82 Å². The molecule has 1 aromatic rings. The number of aromatic nitrogens is 4. The zero-order valence-corrected chi connectivity index (χ0v) is 20.0. The molecule has 0 spiro atoms. The fourth-order valence-corrected chi connectivity index (χ4v) is 9.16. The first-order chi connectivity index (χ1) is 14.8. The summed E-state index contributed by atoms with van der Waals surface area (Å²) in [6.07, 6.45) is 11.3. The van der Waals surface area contributed by atoms with Crippen LogP contribution in [-0.4, -0.2) is 44.6 Å². The van der Waals surface area contributed by atoms with Crippen molar-refractivity contribution < 1.29 is 9.84 Å². The van der Waals surface area contributed by atoms with E-state index in [2.05, 4.69) is 29.4 Å². The summed E-state index contributed by atoms with van der Waals surface area (Å²) in [5.74, 6) is 6.54. The molecule has 0 saturated heterocycles. The lowest BCUT2D eigenvalue weighted by atomic mass is 9.48. The molecule has 31 heavy (non-hydrogen) atoms. The quantitative estimate of drug-likeness (QED) is 0.755. The van der Waals surface area contributed by atoms with Crippen LogP contribution in [0.3, 0.4) is 0 Å². The first-order valence-corrected chi connectivity index (χ1v) is 12.8. The molecule has 4 aliphatic rings. The number of fused-ring (bicyclic) bond motifs is 5. The Hall–Kier alpha value is -1.01. The van der Waals surface area contributed by atoms with E-state index in [1.54, 1.807) is 7.11 Å². The second-order valence-electron chi connectivity index (χ2n) is 11.9. The molecule has 1 aromatic heterocycles. The minimum atomic E-state index is -0.575. The number of aliphatic hydroxyl groups is 1. The topological polar surface area (TPSA) is 73.1 Å². The standard InChI is InChI=1S/C25H42N4O2/c1-16(14-29-17(2)26-27-28-29)22-7-8-23-21-6-5-18-13-25(30,15-31-4)12-10-19(18)20(21)9-11-24(22,23)3/h16,18-23,30H,5-15H2,1-4H3/t16?,18-,19+,20-,21-,22-,23+,24-,25-/m1/s1. The Bertz CT molecular complexity index is 783. The van der Waals surface area contributed by atoms with Gasteiger partial charge < -0.3 is 9.84 Å². The van der Waals surface area contributed by atoms with Crippen LogP contribution in [0, 0.1) is 53.8 Å². The number of aryl methyl sites for hydroxylation is 1. The van der Waals surface area contributed by atoms with Crippen molar-refractivity contribution in [1.82, 2.24) is 20.2 Å². The molecule has 0 aromatic carbocycles. The van der Waals surface area contributed by atoms with Gasteiger partial charge in [-0.1, -0.05) is 13.8 Å². The van der Waals surface area contributed by atoms with Crippen LogP contribution >= 0.6 is 0 Å². The maximum absolute atomic E-state index is 11.0. The highest BCUT2D eigenvalue weighted by Crippen LogP contribution is 2.65. The molecule has 6 heteroatoms. The van der Waals surface area contributed by atoms with Gasteiger partial charge in [-0.15, -0.1) is 5.10 Å². The van der Waals surface area contributed by atoms with Crippen LogP contribution in [0.25, 0.3) is 0 Å². The van der Waals surface area contributed by atoms with Crippen LogP contribution in [-0.2, 0) is 11.3 Å². The Morgan fingerprint density at radius 3 is 2.65 bits per heavy atom. The molecule has 174 valence electrons. The van der Waals surface area contributed by atoms with Gasteiger partial charge >= 0.3 is 0 Å². The molecule has 5 rings (SSSR count). The maximum Gasteiger partial charge on any atom is 0.148 e. The average Bonchev–Trinajstić information content (AvgIpc) is 3.30. The Labute approximate surface area is 187 Å². The molecule has 0 radical (unpaired) electrons. The number of nitrogens with zero attached hydrogens (tertiary/aromatic N) is 4. The number of tetrazole rings is 1. The van der Waals surface area contributed by atoms with E-state index in [1.807, 2.05) is 11.6 Å². The van der Waals surface area contributed by atoms with Crippen molar-refractivity contribution in [3.8, 4) is 0 Å². The molecule has 4 fully saturated rings. The van der Waals surface area contributed by atoms with E-state index in [4.69, 9.17) is 4.74 Å². The summed E-state index contributed by atoms with van der Waals surface area (Å²) in [6.45, 7) is 8.51. The van der Waals surface area contributed by atoms with Crippen LogP contribution in [0.1, 0.15) is 77.5 Å². The average molecular weight is 431 g/mol. The molecule has 0 bridgehead atoms. The van der Waals surface area contributed by atoms with E-state index >= 15 is 0 Å². The normalized spacial score (nSPS) is 45.6. The zero-order chi connectivity index (χ0) is 21.8. The molecule has 0 amide bonds. The van der Waals surface area contributed by atoms with Gasteiger partial charge in [0.2, 0.25) is 0 Å². The summed E-state index contributed by atoms with van der Waals surface area (Å²) < 4.78 is 7.36. The summed E-state index contributed by atoms with van der Waals surface area (Å²) in [4.78, 5) is 0.